The number of ketones is 2. The van der Waals surface area contributed by atoms with Gasteiger partial charge in [-0.15, -0.1) is 0 Å². The average Bonchev–Trinajstić information content (AvgIpc) is 2.90. The molecule has 0 saturated heterocycles. The number of rotatable bonds is 10. The van der Waals surface area contributed by atoms with Crippen LogP contribution in [0.4, 0.5) is 26.3 Å². The highest BCUT2D eigenvalue weighted by Crippen LogP contribution is 2.38. The lowest BCUT2D eigenvalue weighted by atomic mass is 9.84. The van der Waals surface area contributed by atoms with Crippen LogP contribution >= 0.6 is 0 Å². The standard InChI is InChI=1S/C29H23F6NO5/c1-16-2-4-18(5-3-16)24(37)15-23(17-6-8-19(9-7-17)27(41)36-11-10-25(38)39)26(40)20-12-21(28(30,31)32)14-22(13-20)29(33,34)35/h2-9,12-14,23H,10-11,15H2,1H3,(H,36,41)(H,38,39). The van der Waals surface area contributed by atoms with E-state index in [2.05, 4.69) is 5.32 Å². The van der Waals surface area contributed by atoms with Gasteiger partial charge >= 0.3 is 18.3 Å². The van der Waals surface area contributed by atoms with Crippen molar-refractivity contribution in [3.05, 3.63) is 106 Å². The van der Waals surface area contributed by atoms with E-state index in [0.717, 1.165) is 5.56 Å². The van der Waals surface area contributed by atoms with Gasteiger partial charge in [0, 0.05) is 29.7 Å². The number of amides is 1. The van der Waals surface area contributed by atoms with Gasteiger partial charge in [-0.2, -0.15) is 26.3 Å². The van der Waals surface area contributed by atoms with E-state index in [0.29, 0.717) is 12.1 Å². The Hall–Kier alpha value is -4.48. The first-order valence-corrected chi connectivity index (χ1v) is 12.1. The quantitative estimate of drug-likeness (QED) is 0.212. The molecule has 0 radical (unpaired) electrons. The Bertz CT molecular complexity index is 1410. The Morgan fingerprint density at radius 1 is 0.756 bits per heavy atom. The van der Waals surface area contributed by atoms with Crippen LogP contribution in [0, 0.1) is 6.92 Å². The zero-order valence-electron chi connectivity index (χ0n) is 21.4. The summed E-state index contributed by atoms with van der Waals surface area (Å²) < 4.78 is 80.6. The molecule has 2 N–H and O–H groups in total. The third-order valence-corrected chi connectivity index (χ3v) is 6.15. The first-order valence-electron chi connectivity index (χ1n) is 12.1. The van der Waals surface area contributed by atoms with Crippen LogP contribution in [0.25, 0.3) is 0 Å². The van der Waals surface area contributed by atoms with Crippen LogP contribution in [0.2, 0.25) is 0 Å². The summed E-state index contributed by atoms with van der Waals surface area (Å²) in [5.74, 6) is -5.01. The molecule has 3 rings (SSSR count). The van der Waals surface area contributed by atoms with Gasteiger partial charge in [-0.05, 0) is 42.8 Å². The molecule has 0 bridgehead atoms. The van der Waals surface area contributed by atoms with E-state index in [-0.39, 0.29) is 35.7 Å². The lowest BCUT2D eigenvalue weighted by Gasteiger charge is -2.19. The largest absolute Gasteiger partial charge is 0.481 e. The molecule has 41 heavy (non-hydrogen) atoms. The number of aliphatic carboxylic acids is 1. The van der Waals surface area contributed by atoms with Crippen molar-refractivity contribution >= 4 is 23.4 Å². The average molecular weight is 579 g/mol. The molecule has 0 aromatic heterocycles. The lowest BCUT2D eigenvalue weighted by Crippen LogP contribution is -2.26. The molecule has 1 unspecified atom stereocenters. The molecule has 1 amide bonds. The molecule has 0 saturated carbocycles. The van der Waals surface area contributed by atoms with Crippen LogP contribution in [-0.4, -0.2) is 35.1 Å². The van der Waals surface area contributed by atoms with Crippen molar-refractivity contribution in [2.75, 3.05) is 6.54 Å². The molecule has 12 heteroatoms. The van der Waals surface area contributed by atoms with Gasteiger partial charge in [-0.3, -0.25) is 19.2 Å². The summed E-state index contributed by atoms with van der Waals surface area (Å²) in [7, 11) is 0. The van der Waals surface area contributed by atoms with E-state index in [1.54, 1.807) is 19.1 Å². The molecule has 216 valence electrons. The number of hydrogen-bond donors (Lipinski definition) is 2. The van der Waals surface area contributed by atoms with E-state index in [4.69, 9.17) is 5.11 Å². The summed E-state index contributed by atoms with van der Waals surface area (Å²) in [6.45, 7) is 1.60. The van der Waals surface area contributed by atoms with Crippen molar-refractivity contribution in [1.29, 1.82) is 0 Å². The molecule has 0 aliphatic heterocycles. The number of carboxylic acids is 1. The molecular weight excluding hydrogens is 556 g/mol. The second kappa shape index (κ2) is 12.4. The van der Waals surface area contributed by atoms with Crippen LogP contribution in [0.1, 0.15) is 72.1 Å². The molecule has 6 nitrogen and oxygen atoms in total. The topological polar surface area (TPSA) is 101 Å². The van der Waals surface area contributed by atoms with Crippen LogP contribution < -0.4 is 5.32 Å². The highest BCUT2D eigenvalue weighted by Gasteiger charge is 2.38. The third kappa shape index (κ3) is 8.26. The van der Waals surface area contributed by atoms with Crippen molar-refractivity contribution in [1.82, 2.24) is 5.32 Å². The van der Waals surface area contributed by atoms with E-state index < -0.39 is 64.8 Å². The van der Waals surface area contributed by atoms with Gasteiger partial charge in [-0.25, -0.2) is 0 Å². The molecule has 0 aliphatic rings. The molecule has 3 aromatic carbocycles. The minimum Gasteiger partial charge on any atom is -0.481 e. The molecule has 3 aromatic rings. The molecular formula is C29H23F6NO5. The zero-order valence-corrected chi connectivity index (χ0v) is 21.4. The van der Waals surface area contributed by atoms with Crippen molar-refractivity contribution in [2.24, 2.45) is 0 Å². The van der Waals surface area contributed by atoms with Gasteiger partial charge in [0.1, 0.15) is 0 Å². The number of nitrogens with one attached hydrogen (secondary N) is 1. The Labute approximate surface area is 230 Å². The molecule has 0 aliphatic carbocycles. The van der Waals surface area contributed by atoms with Crippen LogP contribution in [0.15, 0.2) is 66.7 Å². The van der Waals surface area contributed by atoms with Gasteiger partial charge in [-0.1, -0.05) is 42.0 Å². The number of Topliss-reactive ketones (excluding diaryl/α,β-unsaturated/α-hetero) is 2. The number of carboxylic acid groups (broad SMARTS) is 1. The Morgan fingerprint density at radius 2 is 1.27 bits per heavy atom. The number of aryl methyl sites for hydroxylation is 1. The van der Waals surface area contributed by atoms with Gasteiger partial charge < -0.3 is 10.4 Å². The summed E-state index contributed by atoms with van der Waals surface area (Å²) in [4.78, 5) is 49.5. The summed E-state index contributed by atoms with van der Waals surface area (Å²) in [5.41, 5.74) is -3.10. The minimum absolute atomic E-state index is 0.0497. The fourth-order valence-electron chi connectivity index (χ4n) is 3.95. The molecule has 0 fully saturated rings. The summed E-state index contributed by atoms with van der Waals surface area (Å²) >= 11 is 0. The van der Waals surface area contributed by atoms with Crippen LogP contribution in [0.5, 0.6) is 0 Å². The third-order valence-electron chi connectivity index (χ3n) is 6.15. The summed E-state index contributed by atoms with van der Waals surface area (Å²) in [6, 6.07) is 11.8. The smallest absolute Gasteiger partial charge is 0.416 e. The minimum atomic E-state index is -5.18. The molecule has 1 atom stereocenters. The van der Waals surface area contributed by atoms with E-state index in [9.17, 15) is 45.5 Å². The first-order chi connectivity index (χ1) is 19.1. The van der Waals surface area contributed by atoms with Crippen LogP contribution in [-0.2, 0) is 17.1 Å². The SMILES string of the molecule is Cc1ccc(C(=O)CC(C(=O)c2cc(C(F)(F)F)cc(C(F)(F)F)c2)c2ccc(C(=O)NCCC(=O)O)cc2)cc1. The van der Waals surface area contributed by atoms with Gasteiger partial charge in [0.05, 0.1) is 23.5 Å². The Balaban J connectivity index is 2.03. The van der Waals surface area contributed by atoms with Gasteiger partial charge in [0.25, 0.3) is 5.91 Å². The predicted octanol–water partition coefficient (Wildman–Crippen LogP) is 6.48. The number of carbonyl (C=O) groups excluding carboxylic acids is 3. The lowest BCUT2D eigenvalue weighted by molar-refractivity contribution is -0.143. The van der Waals surface area contributed by atoms with Crippen molar-refractivity contribution in [3.8, 4) is 0 Å². The van der Waals surface area contributed by atoms with E-state index in [1.165, 1.54) is 36.4 Å². The second-order valence-corrected chi connectivity index (χ2v) is 9.23. The Kier molecular flexibility index (Phi) is 9.36. The number of alkyl halides is 6. The number of hydrogen-bond acceptors (Lipinski definition) is 4. The summed E-state index contributed by atoms with van der Waals surface area (Å²) in [6.07, 6.45) is -11.3. The Morgan fingerprint density at radius 3 is 1.76 bits per heavy atom. The van der Waals surface area contributed by atoms with Crippen LogP contribution in [0.3, 0.4) is 0 Å². The van der Waals surface area contributed by atoms with Crippen molar-refractivity contribution in [3.63, 3.8) is 0 Å². The zero-order chi connectivity index (χ0) is 30.5. The monoisotopic (exact) mass is 579 g/mol. The first kappa shape index (κ1) is 31.1. The number of benzene rings is 3. The van der Waals surface area contributed by atoms with Crippen molar-refractivity contribution in [2.45, 2.75) is 38.0 Å². The fraction of sp³-hybridized carbons (Fsp3) is 0.241. The van der Waals surface area contributed by atoms with E-state index in [1.807, 2.05) is 0 Å². The normalized spacial score (nSPS) is 12.5. The summed E-state index contributed by atoms with van der Waals surface area (Å²) in [5, 5.41) is 11.1. The molecule has 0 heterocycles. The number of halogens is 6. The highest BCUT2D eigenvalue weighted by atomic mass is 19.4. The maximum atomic E-state index is 13.5. The fourth-order valence-corrected chi connectivity index (χ4v) is 3.95. The van der Waals surface area contributed by atoms with Crippen molar-refractivity contribution < 1.29 is 50.6 Å². The van der Waals surface area contributed by atoms with Gasteiger partial charge in [0.15, 0.2) is 11.6 Å². The predicted molar refractivity (Wildman–Crippen MR) is 135 cm³/mol. The van der Waals surface area contributed by atoms with Gasteiger partial charge in [0.2, 0.25) is 0 Å². The maximum absolute atomic E-state index is 13.5. The second-order valence-electron chi connectivity index (χ2n) is 9.23. The molecule has 0 spiro atoms. The van der Waals surface area contributed by atoms with E-state index >= 15 is 0 Å². The highest BCUT2D eigenvalue weighted by molar-refractivity contribution is 6.06. The number of carbonyl (C=O) groups is 4. The maximum Gasteiger partial charge on any atom is 0.416 e.